The summed E-state index contributed by atoms with van der Waals surface area (Å²) < 4.78 is 0. The first kappa shape index (κ1) is 27.3. The molecule has 19 heavy (non-hydrogen) atoms. The van der Waals surface area contributed by atoms with Crippen molar-refractivity contribution in [2.24, 2.45) is 5.92 Å². The molecule has 0 bridgehead atoms. The summed E-state index contributed by atoms with van der Waals surface area (Å²) in [6.07, 6.45) is 1.22. The van der Waals surface area contributed by atoms with Gasteiger partial charge in [-0.05, 0) is 0 Å². The molecule has 3 nitrogen and oxygen atoms in total. The van der Waals surface area contributed by atoms with Crippen molar-refractivity contribution < 1.29 is 21.7 Å². The van der Waals surface area contributed by atoms with Crippen LogP contribution in [-0.4, -0.2) is 42.3 Å². The zero-order valence-electron chi connectivity index (χ0n) is 13.9. The summed E-state index contributed by atoms with van der Waals surface area (Å²) >= 11 is 0. The van der Waals surface area contributed by atoms with E-state index in [1.54, 1.807) is 42.3 Å². The van der Waals surface area contributed by atoms with Gasteiger partial charge in [-0.2, -0.15) is 60.0 Å². The van der Waals surface area contributed by atoms with Crippen LogP contribution in [-0.2, 0) is 28.1 Å². The molecule has 0 radical (unpaired) electrons. The van der Waals surface area contributed by atoms with Crippen LogP contribution in [0.4, 0.5) is 0 Å². The molecule has 0 saturated heterocycles. The largest absolute Gasteiger partial charge is 4.00 e. The molecule has 0 amide bonds. The average Bonchev–Trinajstić information content (AvgIpc) is 2.73. The quantitative estimate of drug-likeness (QED) is 0.572. The standard InChI is InChI=1S/C9H13.3C2H6N.Ti/c1-8(2)7-9-5-3-4-6-9;3*1-3-2;/h3-6,8H,7H2,1-2H3;3*1-2H3;/q4*-1;+4. The van der Waals surface area contributed by atoms with E-state index in [9.17, 15) is 0 Å². The fourth-order valence-electron chi connectivity index (χ4n) is 1.02. The summed E-state index contributed by atoms with van der Waals surface area (Å²) in [7, 11) is 10.5. The minimum absolute atomic E-state index is 0. The minimum atomic E-state index is 0. The van der Waals surface area contributed by atoms with E-state index in [0.717, 1.165) is 5.92 Å². The van der Waals surface area contributed by atoms with Crippen LogP contribution in [0, 0.1) is 5.92 Å². The number of rotatable bonds is 2. The Labute approximate surface area is 136 Å². The molecule has 0 saturated carbocycles. The van der Waals surface area contributed by atoms with Crippen LogP contribution in [0.15, 0.2) is 24.3 Å². The fourth-order valence-corrected chi connectivity index (χ4v) is 1.02. The molecule has 0 fully saturated rings. The van der Waals surface area contributed by atoms with Crippen molar-refractivity contribution in [1.82, 2.24) is 0 Å². The van der Waals surface area contributed by atoms with Crippen LogP contribution in [0.1, 0.15) is 19.4 Å². The molecule has 0 aliphatic heterocycles. The van der Waals surface area contributed by atoms with Gasteiger partial charge < -0.3 is 16.0 Å². The van der Waals surface area contributed by atoms with Gasteiger partial charge >= 0.3 is 21.7 Å². The zero-order chi connectivity index (χ0) is 14.8. The average molecular weight is 301 g/mol. The van der Waals surface area contributed by atoms with Gasteiger partial charge in [0, 0.05) is 0 Å². The van der Waals surface area contributed by atoms with E-state index >= 15 is 0 Å². The van der Waals surface area contributed by atoms with Gasteiger partial charge in [0.05, 0.1) is 0 Å². The van der Waals surface area contributed by atoms with Gasteiger partial charge in [-0.25, -0.2) is 12.1 Å². The molecule has 0 unspecified atom stereocenters. The minimum Gasteiger partial charge on any atom is -0.668 e. The van der Waals surface area contributed by atoms with Crippen molar-refractivity contribution in [3.8, 4) is 0 Å². The summed E-state index contributed by atoms with van der Waals surface area (Å²) in [5, 5.41) is 10.5. The summed E-state index contributed by atoms with van der Waals surface area (Å²) in [5.41, 5.74) is 1.46. The Morgan fingerprint density at radius 1 is 0.789 bits per heavy atom. The molecule has 1 aromatic carbocycles. The predicted octanol–water partition coefficient (Wildman–Crippen LogP) is 4.46. The zero-order valence-corrected chi connectivity index (χ0v) is 15.5. The molecule has 4 heteroatoms. The first-order valence-corrected chi connectivity index (χ1v) is 6.18. The van der Waals surface area contributed by atoms with Crippen LogP contribution in [0.25, 0.3) is 16.0 Å². The van der Waals surface area contributed by atoms with Gasteiger partial charge in [0.1, 0.15) is 0 Å². The van der Waals surface area contributed by atoms with Crippen LogP contribution < -0.4 is 0 Å². The van der Waals surface area contributed by atoms with E-state index in [0.29, 0.717) is 0 Å². The molecule has 1 rings (SSSR count). The molecule has 0 aliphatic rings. The van der Waals surface area contributed by atoms with E-state index in [1.807, 2.05) is 0 Å². The normalized spacial score (nSPS) is 7.84. The van der Waals surface area contributed by atoms with Crippen molar-refractivity contribution in [3.05, 3.63) is 45.8 Å². The smallest absolute Gasteiger partial charge is 0.668 e. The number of hydrogen-bond acceptors (Lipinski definition) is 0. The molecule has 110 valence electrons. The first-order valence-electron chi connectivity index (χ1n) is 6.18. The maximum absolute atomic E-state index is 3.50. The van der Waals surface area contributed by atoms with Crippen molar-refractivity contribution >= 4 is 0 Å². The molecule has 0 atom stereocenters. The second-order valence-electron chi connectivity index (χ2n) is 4.23. The molecule has 0 aromatic heterocycles. The maximum atomic E-state index is 3.50. The molecule has 1 aromatic rings. The van der Waals surface area contributed by atoms with Crippen molar-refractivity contribution in [2.75, 3.05) is 42.3 Å². The summed E-state index contributed by atoms with van der Waals surface area (Å²) in [6.45, 7) is 4.49. The van der Waals surface area contributed by atoms with Crippen LogP contribution >= 0.6 is 0 Å². The summed E-state index contributed by atoms with van der Waals surface area (Å²) in [5.74, 6) is 0.785. The predicted molar refractivity (Wildman–Crippen MR) is 86.2 cm³/mol. The SMILES string of the molecule is CC(C)C[c-]1cccc1.C[N-]C.C[N-]C.C[N-]C.[Ti+4]. The summed E-state index contributed by atoms with van der Waals surface area (Å²) in [6, 6.07) is 8.55. The second-order valence-corrected chi connectivity index (χ2v) is 4.23. The molecular weight excluding hydrogens is 270 g/mol. The molecule has 0 aliphatic carbocycles. The van der Waals surface area contributed by atoms with Crippen molar-refractivity contribution in [1.29, 1.82) is 0 Å². The second kappa shape index (κ2) is 26.5. The van der Waals surface area contributed by atoms with Gasteiger partial charge in [0.25, 0.3) is 0 Å². The fraction of sp³-hybridized carbons (Fsp3) is 0.667. The number of hydrogen-bond donors (Lipinski definition) is 0. The van der Waals surface area contributed by atoms with Gasteiger partial charge in [0.15, 0.2) is 0 Å². The van der Waals surface area contributed by atoms with Crippen LogP contribution in [0.3, 0.4) is 0 Å². The monoisotopic (exact) mass is 301 g/mol. The maximum Gasteiger partial charge on any atom is 4.00 e. The third-order valence-corrected chi connectivity index (χ3v) is 1.38. The Balaban J connectivity index is -0.0000000956. The van der Waals surface area contributed by atoms with Crippen molar-refractivity contribution in [2.45, 2.75) is 20.3 Å². The Hall–Kier alpha value is -0.0557. The van der Waals surface area contributed by atoms with Gasteiger partial charge in [-0.15, -0.1) is 0 Å². The Morgan fingerprint density at radius 2 is 1.05 bits per heavy atom. The Morgan fingerprint density at radius 3 is 1.26 bits per heavy atom. The first-order chi connectivity index (χ1) is 8.53. The Bertz CT molecular complexity index is 194. The van der Waals surface area contributed by atoms with E-state index in [4.69, 9.17) is 0 Å². The van der Waals surface area contributed by atoms with Gasteiger partial charge in [0.2, 0.25) is 0 Å². The molecule has 0 spiro atoms. The number of nitrogens with zero attached hydrogens (tertiary/aromatic N) is 3. The van der Waals surface area contributed by atoms with E-state index in [-0.39, 0.29) is 21.7 Å². The van der Waals surface area contributed by atoms with Gasteiger partial charge in [-0.3, -0.25) is 0 Å². The third-order valence-electron chi connectivity index (χ3n) is 1.38. The van der Waals surface area contributed by atoms with E-state index in [2.05, 4.69) is 54.1 Å². The van der Waals surface area contributed by atoms with Gasteiger partial charge in [-0.1, -0.05) is 26.2 Å². The third kappa shape index (κ3) is 38.1. The van der Waals surface area contributed by atoms with Crippen molar-refractivity contribution in [3.63, 3.8) is 0 Å². The molecule has 0 N–H and O–H groups in total. The topological polar surface area (TPSA) is 42.3 Å². The van der Waals surface area contributed by atoms with Crippen LogP contribution in [0.2, 0.25) is 0 Å². The molecular formula is C15H31N3Ti. The summed E-state index contributed by atoms with van der Waals surface area (Å²) in [4.78, 5) is 0. The van der Waals surface area contributed by atoms with E-state index < -0.39 is 0 Å². The van der Waals surface area contributed by atoms with E-state index in [1.165, 1.54) is 12.0 Å². The molecule has 0 heterocycles. The van der Waals surface area contributed by atoms with Crippen LogP contribution in [0.5, 0.6) is 0 Å². The Kier molecular flexibility index (Phi) is 38.1.